The Morgan fingerprint density at radius 3 is 2.80 bits per heavy atom. The Balaban J connectivity index is 1.92. The monoisotopic (exact) mass is 288 g/mol. The first-order chi connectivity index (χ1) is 9.44. The first-order valence-electron chi connectivity index (χ1n) is 7.19. The van der Waals surface area contributed by atoms with Crippen molar-refractivity contribution in [2.75, 3.05) is 0 Å². The second kappa shape index (κ2) is 4.92. The Morgan fingerprint density at radius 2 is 2.10 bits per heavy atom. The van der Waals surface area contributed by atoms with Gasteiger partial charge in [-0.1, -0.05) is 37.6 Å². The van der Waals surface area contributed by atoms with Crippen molar-refractivity contribution in [2.24, 2.45) is 12.5 Å². The van der Waals surface area contributed by atoms with E-state index < -0.39 is 0 Å². The topological polar surface area (TPSA) is 17.8 Å². The molecule has 1 atom stereocenters. The van der Waals surface area contributed by atoms with E-state index in [0.717, 1.165) is 30.6 Å². The van der Waals surface area contributed by atoms with Gasteiger partial charge in [0.05, 0.1) is 16.4 Å². The summed E-state index contributed by atoms with van der Waals surface area (Å²) in [4.78, 5) is 4.76. The van der Waals surface area contributed by atoms with Gasteiger partial charge in [0.15, 0.2) is 0 Å². The van der Waals surface area contributed by atoms with Crippen LogP contribution in [0.15, 0.2) is 35.9 Å². The van der Waals surface area contributed by atoms with Crippen LogP contribution in [0.25, 0.3) is 11.0 Å². The second-order valence-corrected chi connectivity index (χ2v) is 7.20. The number of aromatic nitrogens is 2. The van der Waals surface area contributed by atoms with Crippen molar-refractivity contribution in [2.45, 2.75) is 38.5 Å². The van der Waals surface area contributed by atoms with Crippen LogP contribution in [-0.2, 0) is 13.5 Å². The lowest BCUT2D eigenvalue weighted by molar-refractivity contribution is 0.320. The fourth-order valence-corrected chi connectivity index (χ4v) is 3.86. The minimum Gasteiger partial charge on any atom is -0.331 e. The SMILES string of the molecule is Cn1c(CC2=CC(Cl)CC(C)(C)C2)nc2ccccc21. The zero-order chi connectivity index (χ0) is 14.3. The van der Waals surface area contributed by atoms with Gasteiger partial charge in [-0.2, -0.15) is 0 Å². The predicted octanol–water partition coefficient (Wildman–Crippen LogP) is 4.47. The fraction of sp³-hybridized carbons (Fsp3) is 0.471. The minimum atomic E-state index is 0.156. The average Bonchev–Trinajstić information content (AvgIpc) is 2.64. The molecule has 1 unspecified atom stereocenters. The Kier molecular flexibility index (Phi) is 3.37. The average molecular weight is 289 g/mol. The molecule has 2 nitrogen and oxygen atoms in total. The molecule has 1 aromatic carbocycles. The molecule has 0 saturated heterocycles. The van der Waals surface area contributed by atoms with Crippen LogP contribution >= 0.6 is 11.6 Å². The molecule has 0 bridgehead atoms. The summed E-state index contributed by atoms with van der Waals surface area (Å²) in [6.45, 7) is 4.59. The lowest BCUT2D eigenvalue weighted by atomic mass is 9.76. The highest BCUT2D eigenvalue weighted by Gasteiger charge is 2.28. The van der Waals surface area contributed by atoms with Gasteiger partial charge in [0.25, 0.3) is 0 Å². The van der Waals surface area contributed by atoms with E-state index in [1.54, 1.807) is 0 Å². The van der Waals surface area contributed by atoms with Crippen LogP contribution in [0.1, 0.15) is 32.5 Å². The molecule has 20 heavy (non-hydrogen) atoms. The highest BCUT2D eigenvalue weighted by Crippen LogP contribution is 2.38. The summed E-state index contributed by atoms with van der Waals surface area (Å²) in [5, 5.41) is 0.156. The number of fused-ring (bicyclic) bond motifs is 1. The van der Waals surface area contributed by atoms with Gasteiger partial charge in [0.2, 0.25) is 0 Å². The maximum Gasteiger partial charge on any atom is 0.113 e. The number of alkyl halides is 1. The molecule has 1 aromatic heterocycles. The predicted molar refractivity (Wildman–Crippen MR) is 85.2 cm³/mol. The van der Waals surface area contributed by atoms with Crippen molar-refractivity contribution in [3.05, 3.63) is 41.7 Å². The third-order valence-corrected chi connectivity index (χ3v) is 4.41. The Labute approximate surface area is 125 Å². The normalized spacial score (nSPS) is 22.0. The van der Waals surface area contributed by atoms with Crippen LogP contribution in [0.4, 0.5) is 0 Å². The van der Waals surface area contributed by atoms with Crippen molar-refractivity contribution in [3.8, 4) is 0 Å². The molecule has 3 heteroatoms. The molecule has 1 aliphatic rings. The fourth-order valence-electron chi connectivity index (χ4n) is 3.27. The molecule has 0 N–H and O–H groups in total. The van der Waals surface area contributed by atoms with E-state index in [0.29, 0.717) is 5.41 Å². The highest BCUT2D eigenvalue weighted by atomic mass is 35.5. The summed E-state index contributed by atoms with van der Waals surface area (Å²) in [6.07, 6.45) is 5.30. The maximum atomic E-state index is 6.38. The van der Waals surface area contributed by atoms with Crippen molar-refractivity contribution in [3.63, 3.8) is 0 Å². The van der Waals surface area contributed by atoms with E-state index in [4.69, 9.17) is 16.6 Å². The number of hydrogen-bond donors (Lipinski definition) is 0. The first-order valence-corrected chi connectivity index (χ1v) is 7.62. The molecule has 0 spiro atoms. The van der Waals surface area contributed by atoms with Crippen molar-refractivity contribution >= 4 is 22.6 Å². The largest absolute Gasteiger partial charge is 0.331 e. The van der Waals surface area contributed by atoms with Crippen molar-refractivity contribution in [1.82, 2.24) is 9.55 Å². The number of nitrogens with zero attached hydrogens (tertiary/aromatic N) is 2. The standard InChI is InChI=1S/C17H21ClN2/c1-17(2)10-12(8-13(18)11-17)9-16-19-14-6-4-5-7-15(14)20(16)3/h4-8,13H,9-11H2,1-3H3. The summed E-state index contributed by atoms with van der Waals surface area (Å²) in [5.41, 5.74) is 3.98. The zero-order valence-corrected chi connectivity index (χ0v) is 13.1. The van der Waals surface area contributed by atoms with E-state index >= 15 is 0 Å². The van der Waals surface area contributed by atoms with Gasteiger partial charge >= 0.3 is 0 Å². The van der Waals surface area contributed by atoms with Crippen LogP contribution < -0.4 is 0 Å². The van der Waals surface area contributed by atoms with E-state index in [9.17, 15) is 0 Å². The summed E-state index contributed by atoms with van der Waals surface area (Å²) >= 11 is 6.38. The molecule has 0 amide bonds. The first kappa shape index (κ1) is 13.7. The Morgan fingerprint density at radius 1 is 1.35 bits per heavy atom. The van der Waals surface area contributed by atoms with E-state index in [1.165, 1.54) is 11.1 Å². The molecule has 0 aliphatic heterocycles. The third kappa shape index (κ3) is 2.62. The van der Waals surface area contributed by atoms with Crippen LogP contribution in [0.3, 0.4) is 0 Å². The zero-order valence-electron chi connectivity index (χ0n) is 12.4. The van der Waals surface area contributed by atoms with Crippen LogP contribution in [0, 0.1) is 5.41 Å². The van der Waals surface area contributed by atoms with Crippen molar-refractivity contribution < 1.29 is 0 Å². The molecule has 0 fully saturated rings. The van der Waals surface area contributed by atoms with Gasteiger partial charge in [-0.05, 0) is 30.4 Å². The third-order valence-electron chi connectivity index (χ3n) is 4.13. The molecular formula is C17H21ClN2. The van der Waals surface area contributed by atoms with E-state index in [1.807, 2.05) is 6.07 Å². The summed E-state index contributed by atoms with van der Waals surface area (Å²) in [7, 11) is 2.09. The van der Waals surface area contributed by atoms with Gasteiger partial charge in [-0.3, -0.25) is 0 Å². The number of rotatable bonds is 2. The van der Waals surface area contributed by atoms with Crippen molar-refractivity contribution in [1.29, 1.82) is 0 Å². The number of para-hydroxylation sites is 2. The molecule has 1 aliphatic carbocycles. The Bertz CT molecular complexity index is 667. The van der Waals surface area contributed by atoms with E-state index in [-0.39, 0.29) is 5.38 Å². The van der Waals surface area contributed by atoms with E-state index in [2.05, 4.69) is 49.7 Å². The van der Waals surface area contributed by atoms with Gasteiger partial charge in [-0.15, -0.1) is 11.6 Å². The molecule has 106 valence electrons. The number of benzene rings is 1. The molecule has 3 rings (SSSR count). The minimum absolute atomic E-state index is 0.156. The number of halogens is 1. The summed E-state index contributed by atoms with van der Waals surface area (Å²) in [5.74, 6) is 1.12. The quantitative estimate of drug-likeness (QED) is 0.589. The number of aryl methyl sites for hydroxylation is 1. The molecule has 1 heterocycles. The number of hydrogen-bond acceptors (Lipinski definition) is 1. The van der Waals surface area contributed by atoms with Gasteiger partial charge < -0.3 is 4.57 Å². The summed E-state index contributed by atoms with van der Waals surface area (Å²) in [6, 6.07) is 8.29. The lowest BCUT2D eigenvalue weighted by Crippen LogP contribution is -2.23. The molecule has 2 aromatic rings. The van der Waals surface area contributed by atoms with Gasteiger partial charge in [0.1, 0.15) is 5.82 Å². The molecule has 0 radical (unpaired) electrons. The van der Waals surface area contributed by atoms with Gasteiger partial charge in [-0.25, -0.2) is 4.98 Å². The Hall–Kier alpha value is -1.28. The highest BCUT2D eigenvalue weighted by molar-refractivity contribution is 6.21. The second-order valence-electron chi connectivity index (χ2n) is 6.64. The van der Waals surface area contributed by atoms with Crippen LogP contribution in [0.5, 0.6) is 0 Å². The smallest absolute Gasteiger partial charge is 0.113 e. The maximum absolute atomic E-state index is 6.38. The van der Waals surface area contributed by atoms with Crippen LogP contribution in [-0.4, -0.2) is 14.9 Å². The number of imidazole rings is 1. The molecule has 0 saturated carbocycles. The van der Waals surface area contributed by atoms with Crippen LogP contribution in [0.2, 0.25) is 0 Å². The molecular weight excluding hydrogens is 268 g/mol. The lowest BCUT2D eigenvalue weighted by Gasteiger charge is -2.32. The van der Waals surface area contributed by atoms with Gasteiger partial charge in [0, 0.05) is 13.5 Å². The summed E-state index contributed by atoms with van der Waals surface area (Å²) < 4.78 is 2.20. The number of allylic oxidation sites excluding steroid dienone is 2.